The molecule has 16 heavy (non-hydrogen) atoms. The number of nitrogens with zero attached hydrogens (tertiary/aromatic N) is 1. The topological polar surface area (TPSA) is 24.5 Å². The summed E-state index contributed by atoms with van der Waals surface area (Å²) in [5, 5.41) is 3.70. The summed E-state index contributed by atoms with van der Waals surface area (Å²) in [4.78, 5) is 2.61. The molecule has 1 aliphatic rings. The van der Waals surface area contributed by atoms with Crippen LogP contribution in [0.25, 0.3) is 0 Å². The molecule has 1 heterocycles. The van der Waals surface area contributed by atoms with Gasteiger partial charge in [0.2, 0.25) is 0 Å². The molecule has 3 heteroatoms. The maximum Gasteiger partial charge on any atom is 0.0477 e. The average molecular weight is 228 g/mol. The molecule has 0 saturated carbocycles. The molecule has 0 aromatic rings. The molecule has 1 aliphatic heterocycles. The third-order valence-electron chi connectivity index (χ3n) is 4.12. The van der Waals surface area contributed by atoms with Crippen LogP contribution in [0.3, 0.4) is 0 Å². The van der Waals surface area contributed by atoms with Crippen LogP contribution in [0.5, 0.6) is 0 Å². The lowest BCUT2D eigenvalue weighted by Gasteiger charge is -2.45. The lowest BCUT2D eigenvalue weighted by molar-refractivity contribution is 0.0737. The fourth-order valence-corrected chi connectivity index (χ4v) is 2.56. The van der Waals surface area contributed by atoms with E-state index in [9.17, 15) is 0 Å². The second-order valence-electron chi connectivity index (χ2n) is 5.02. The molecular formula is C13H28N2O. The zero-order valence-corrected chi connectivity index (χ0v) is 11.4. The molecule has 3 nitrogen and oxygen atoms in total. The van der Waals surface area contributed by atoms with Gasteiger partial charge in [-0.2, -0.15) is 0 Å². The highest BCUT2D eigenvalue weighted by Crippen LogP contribution is 2.21. The predicted molar refractivity (Wildman–Crippen MR) is 68.8 cm³/mol. The van der Waals surface area contributed by atoms with Crippen LogP contribution < -0.4 is 5.32 Å². The number of ether oxygens (including phenoxy) is 1. The molecule has 0 aliphatic carbocycles. The molecule has 1 saturated heterocycles. The Kier molecular flexibility index (Phi) is 5.73. The first-order valence-corrected chi connectivity index (χ1v) is 6.65. The molecule has 0 spiro atoms. The van der Waals surface area contributed by atoms with E-state index in [1.807, 2.05) is 0 Å². The Balaban J connectivity index is 2.48. The molecular weight excluding hydrogens is 200 g/mol. The van der Waals surface area contributed by atoms with Gasteiger partial charge in [-0.25, -0.2) is 0 Å². The summed E-state index contributed by atoms with van der Waals surface area (Å²) in [7, 11) is 1.78. The Hall–Kier alpha value is -0.120. The Morgan fingerprint density at radius 1 is 1.38 bits per heavy atom. The van der Waals surface area contributed by atoms with Crippen molar-refractivity contribution in [2.75, 3.05) is 33.4 Å². The van der Waals surface area contributed by atoms with E-state index in [2.05, 4.69) is 31.0 Å². The first-order chi connectivity index (χ1) is 7.67. The number of rotatable bonds is 6. The highest BCUT2D eigenvalue weighted by atomic mass is 16.5. The first-order valence-electron chi connectivity index (χ1n) is 6.65. The number of hydrogen-bond acceptors (Lipinski definition) is 3. The summed E-state index contributed by atoms with van der Waals surface area (Å²) in [6, 6.07) is 0.638. The van der Waals surface area contributed by atoms with Gasteiger partial charge in [0.25, 0.3) is 0 Å². The van der Waals surface area contributed by atoms with Crippen LogP contribution in [-0.4, -0.2) is 49.8 Å². The monoisotopic (exact) mass is 228 g/mol. The summed E-state index contributed by atoms with van der Waals surface area (Å²) in [6.07, 6.45) is 3.58. The Bertz CT molecular complexity index is 192. The standard InChI is InChI=1S/C13H28N2O/c1-5-13(6-2)11-15(9-8-14-13)12(3)7-10-16-4/h12,14H,5-11H2,1-4H3. The van der Waals surface area contributed by atoms with Crippen molar-refractivity contribution in [3.63, 3.8) is 0 Å². The SMILES string of the molecule is CCC1(CC)CN(C(C)CCOC)CCN1. The highest BCUT2D eigenvalue weighted by Gasteiger charge is 2.33. The number of nitrogens with one attached hydrogen (secondary N) is 1. The molecule has 0 bridgehead atoms. The van der Waals surface area contributed by atoms with Crippen molar-refractivity contribution < 1.29 is 4.74 Å². The van der Waals surface area contributed by atoms with Crippen molar-refractivity contribution in [3.8, 4) is 0 Å². The Morgan fingerprint density at radius 3 is 2.62 bits per heavy atom. The van der Waals surface area contributed by atoms with Gasteiger partial charge in [-0.1, -0.05) is 13.8 Å². The van der Waals surface area contributed by atoms with E-state index in [1.165, 1.54) is 25.9 Å². The summed E-state index contributed by atoms with van der Waals surface area (Å²) >= 11 is 0. The van der Waals surface area contributed by atoms with Crippen LogP contribution in [0.1, 0.15) is 40.0 Å². The van der Waals surface area contributed by atoms with E-state index in [0.29, 0.717) is 11.6 Å². The van der Waals surface area contributed by atoms with Crippen molar-refractivity contribution in [1.82, 2.24) is 10.2 Å². The quantitative estimate of drug-likeness (QED) is 0.751. The number of methoxy groups -OCH3 is 1. The Morgan fingerprint density at radius 2 is 2.06 bits per heavy atom. The third-order valence-corrected chi connectivity index (χ3v) is 4.12. The molecule has 96 valence electrons. The van der Waals surface area contributed by atoms with Crippen LogP contribution in [-0.2, 0) is 4.74 Å². The Labute approximate surface area is 101 Å². The minimum absolute atomic E-state index is 0.347. The molecule has 1 rings (SSSR count). The van der Waals surface area contributed by atoms with Gasteiger partial charge in [0, 0.05) is 44.9 Å². The van der Waals surface area contributed by atoms with Gasteiger partial charge in [-0.15, -0.1) is 0 Å². The zero-order chi connectivity index (χ0) is 12.0. The van der Waals surface area contributed by atoms with Gasteiger partial charge in [0.15, 0.2) is 0 Å². The third kappa shape index (κ3) is 3.44. The number of hydrogen-bond donors (Lipinski definition) is 1. The second-order valence-corrected chi connectivity index (χ2v) is 5.02. The molecule has 1 unspecified atom stereocenters. The van der Waals surface area contributed by atoms with Crippen LogP contribution >= 0.6 is 0 Å². The maximum atomic E-state index is 5.17. The molecule has 0 amide bonds. The highest BCUT2D eigenvalue weighted by molar-refractivity contribution is 4.93. The largest absolute Gasteiger partial charge is 0.385 e. The van der Waals surface area contributed by atoms with Crippen molar-refractivity contribution in [2.24, 2.45) is 0 Å². The molecule has 1 N–H and O–H groups in total. The molecule has 0 aromatic heterocycles. The summed E-state index contributed by atoms with van der Waals surface area (Å²) in [5.74, 6) is 0. The lowest BCUT2D eigenvalue weighted by Crippen LogP contribution is -2.61. The van der Waals surface area contributed by atoms with Crippen LogP contribution in [0.4, 0.5) is 0 Å². The first kappa shape index (κ1) is 13.9. The van der Waals surface area contributed by atoms with E-state index in [0.717, 1.165) is 19.6 Å². The molecule has 0 radical (unpaired) electrons. The minimum atomic E-state index is 0.347. The average Bonchev–Trinajstić information content (AvgIpc) is 2.35. The van der Waals surface area contributed by atoms with E-state index < -0.39 is 0 Å². The summed E-state index contributed by atoms with van der Waals surface area (Å²) in [5.41, 5.74) is 0.347. The minimum Gasteiger partial charge on any atom is -0.385 e. The molecule has 0 aromatic carbocycles. The van der Waals surface area contributed by atoms with Crippen LogP contribution in [0, 0.1) is 0 Å². The van der Waals surface area contributed by atoms with E-state index in [-0.39, 0.29) is 0 Å². The van der Waals surface area contributed by atoms with E-state index in [1.54, 1.807) is 7.11 Å². The lowest BCUT2D eigenvalue weighted by atomic mass is 9.89. The van der Waals surface area contributed by atoms with Gasteiger partial charge in [-0.3, -0.25) is 4.90 Å². The zero-order valence-electron chi connectivity index (χ0n) is 11.4. The van der Waals surface area contributed by atoms with Gasteiger partial charge >= 0.3 is 0 Å². The maximum absolute atomic E-state index is 5.17. The van der Waals surface area contributed by atoms with Crippen molar-refractivity contribution >= 4 is 0 Å². The van der Waals surface area contributed by atoms with E-state index in [4.69, 9.17) is 4.74 Å². The van der Waals surface area contributed by atoms with E-state index >= 15 is 0 Å². The van der Waals surface area contributed by atoms with Crippen molar-refractivity contribution in [2.45, 2.75) is 51.6 Å². The molecule has 1 atom stereocenters. The number of piperazine rings is 1. The normalized spacial score (nSPS) is 23.2. The fraction of sp³-hybridized carbons (Fsp3) is 1.00. The molecule has 1 fully saturated rings. The van der Waals surface area contributed by atoms with Crippen LogP contribution in [0.15, 0.2) is 0 Å². The predicted octanol–water partition coefficient (Wildman–Crippen LogP) is 1.88. The van der Waals surface area contributed by atoms with Crippen LogP contribution in [0.2, 0.25) is 0 Å². The smallest absolute Gasteiger partial charge is 0.0477 e. The summed E-state index contributed by atoms with van der Waals surface area (Å²) in [6.45, 7) is 11.3. The second kappa shape index (κ2) is 6.58. The van der Waals surface area contributed by atoms with Gasteiger partial charge < -0.3 is 10.1 Å². The van der Waals surface area contributed by atoms with Gasteiger partial charge in [0.05, 0.1) is 0 Å². The van der Waals surface area contributed by atoms with Gasteiger partial charge in [0.1, 0.15) is 0 Å². The summed E-state index contributed by atoms with van der Waals surface area (Å²) < 4.78 is 5.17. The van der Waals surface area contributed by atoms with Crippen molar-refractivity contribution in [3.05, 3.63) is 0 Å². The fourth-order valence-electron chi connectivity index (χ4n) is 2.56. The van der Waals surface area contributed by atoms with Gasteiger partial charge in [-0.05, 0) is 26.2 Å². The van der Waals surface area contributed by atoms with Crippen molar-refractivity contribution in [1.29, 1.82) is 0 Å².